The Hall–Kier alpha value is -1.38. The van der Waals surface area contributed by atoms with Gasteiger partial charge in [-0.2, -0.15) is 0 Å². The van der Waals surface area contributed by atoms with Crippen LogP contribution >= 0.6 is 0 Å². The van der Waals surface area contributed by atoms with Crippen LogP contribution in [0.5, 0.6) is 0 Å². The highest BCUT2D eigenvalue weighted by molar-refractivity contribution is 7.89. The van der Waals surface area contributed by atoms with Crippen molar-refractivity contribution in [2.45, 2.75) is 18.1 Å². The molecule has 1 saturated heterocycles. The topological polar surface area (TPSA) is 91.7 Å². The summed E-state index contributed by atoms with van der Waals surface area (Å²) >= 11 is 0. The van der Waals surface area contributed by atoms with Gasteiger partial charge in [0.25, 0.3) is 15.9 Å². The zero-order chi connectivity index (χ0) is 14.0. The maximum absolute atomic E-state index is 12.2. The fourth-order valence-electron chi connectivity index (χ4n) is 1.96. The standard InChI is InChI=1S/C11H17N3O4S/c1-8-7-13-5-6-14(8)11(15)9-3-4-10(18-9)19(16,17)12-2/h3-4,8,12-13H,5-7H2,1-2H3/t8-/m0/s1. The van der Waals surface area contributed by atoms with Crippen LogP contribution in [-0.4, -0.2) is 51.9 Å². The molecule has 106 valence electrons. The zero-order valence-electron chi connectivity index (χ0n) is 10.8. The second kappa shape index (κ2) is 5.32. The Kier molecular flexibility index (Phi) is 3.93. The molecule has 0 saturated carbocycles. The maximum atomic E-state index is 12.2. The minimum absolute atomic E-state index is 0.0441. The van der Waals surface area contributed by atoms with E-state index in [0.29, 0.717) is 13.1 Å². The third-order valence-corrected chi connectivity index (χ3v) is 4.37. The number of nitrogens with one attached hydrogen (secondary N) is 2. The minimum atomic E-state index is -3.65. The number of rotatable bonds is 3. The average Bonchev–Trinajstić information content (AvgIpc) is 2.89. The van der Waals surface area contributed by atoms with Crippen LogP contribution < -0.4 is 10.0 Å². The molecule has 1 atom stereocenters. The van der Waals surface area contributed by atoms with Crippen molar-refractivity contribution in [2.75, 3.05) is 26.7 Å². The molecule has 19 heavy (non-hydrogen) atoms. The first-order valence-corrected chi connectivity index (χ1v) is 7.49. The van der Waals surface area contributed by atoms with Crippen molar-refractivity contribution in [3.05, 3.63) is 17.9 Å². The van der Waals surface area contributed by atoms with Crippen molar-refractivity contribution in [3.8, 4) is 0 Å². The molecule has 1 fully saturated rings. The van der Waals surface area contributed by atoms with E-state index >= 15 is 0 Å². The summed E-state index contributed by atoms with van der Waals surface area (Å²) < 4.78 is 30.4. The number of hydrogen-bond acceptors (Lipinski definition) is 5. The molecule has 2 rings (SSSR count). The predicted octanol–water partition coefficient (Wildman–Crippen LogP) is -0.378. The molecular weight excluding hydrogens is 270 g/mol. The van der Waals surface area contributed by atoms with Crippen LogP contribution in [0, 0.1) is 0 Å². The van der Waals surface area contributed by atoms with Gasteiger partial charge in [-0.3, -0.25) is 4.79 Å². The van der Waals surface area contributed by atoms with Gasteiger partial charge >= 0.3 is 0 Å². The van der Waals surface area contributed by atoms with Gasteiger partial charge in [-0.05, 0) is 26.1 Å². The van der Waals surface area contributed by atoms with Crippen molar-refractivity contribution in [1.29, 1.82) is 0 Å². The highest BCUT2D eigenvalue weighted by Gasteiger charge is 2.27. The van der Waals surface area contributed by atoms with Gasteiger partial charge in [-0.15, -0.1) is 0 Å². The summed E-state index contributed by atoms with van der Waals surface area (Å²) in [4.78, 5) is 13.9. The van der Waals surface area contributed by atoms with E-state index in [1.54, 1.807) is 4.90 Å². The van der Waals surface area contributed by atoms with E-state index in [1.165, 1.54) is 19.2 Å². The molecule has 1 aromatic rings. The summed E-state index contributed by atoms with van der Waals surface area (Å²) in [6, 6.07) is 2.73. The van der Waals surface area contributed by atoms with E-state index < -0.39 is 10.0 Å². The lowest BCUT2D eigenvalue weighted by atomic mass is 10.2. The Morgan fingerprint density at radius 3 is 2.89 bits per heavy atom. The van der Waals surface area contributed by atoms with E-state index in [0.717, 1.165) is 6.54 Å². The molecule has 0 aromatic carbocycles. The highest BCUT2D eigenvalue weighted by atomic mass is 32.2. The Morgan fingerprint density at radius 1 is 1.53 bits per heavy atom. The van der Waals surface area contributed by atoms with Crippen molar-refractivity contribution in [3.63, 3.8) is 0 Å². The number of sulfonamides is 1. The van der Waals surface area contributed by atoms with Gasteiger partial charge in [-0.25, -0.2) is 13.1 Å². The second-order valence-corrected chi connectivity index (χ2v) is 6.20. The molecule has 0 bridgehead atoms. The fourth-order valence-corrected chi connectivity index (χ4v) is 2.61. The molecule has 0 unspecified atom stereocenters. The van der Waals surface area contributed by atoms with Gasteiger partial charge in [0, 0.05) is 25.7 Å². The van der Waals surface area contributed by atoms with Gasteiger partial charge < -0.3 is 14.6 Å². The number of amides is 1. The Morgan fingerprint density at radius 2 is 2.26 bits per heavy atom. The third-order valence-electron chi connectivity index (χ3n) is 3.09. The molecule has 1 amide bonds. The Labute approximate surface area is 112 Å². The number of nitrogens with zero attached hydrogens (tertiary/aromatic N) is 1. The normalized spacial score (nSPS) is 20.5. The molecule has 7 nitrogen and oxygen atoms in total. The van der Waals surface area contributed by atoms with Gasteiger partial charge in [0.1, 0.15) is 0 Å². The quantitative estimate of drug-likeness (QED) is 0.791. The van der Waals surface area contributed by atoms with Crippen LogP contribution in [0.1, 0.15) is 17.5 Å². The van der Waals surface area contributed by atoms with Crippen LogP contribution in [0.25, 0.3) is 0 Å². The molecule has 1 aromatic heterocycles. The summed E-state index contributed by atoms with van der Waals surface area (Å²) in [5.41, 5.74) is 0. The fraction of sp³-hybridized carbons (Fsp3) is 0.545. The number of piperazine rings is 1. The number of carbonyl (C=O) groups excluding carboxylic acids is 1. The molecule has 1 aliphatic rings. The van der Waals surface area contributed by atoms with Crippen molar-refractivity contribution >= 4 is 15.9 Å². The molecule has 0 radical (unpaired) electrons. The third kappa shape index (κ3) is 2.80. The summed E-state index contributed by atoms with van der Waals surface area (Å²) in [5.74, 6) is -0.242. The largest absolute Gasteiger partial charge is 0.438 e. The lowest BCUT2D eigenvalue weighted by molar-refractivity contribution is 0.0617. The van der Waals surface area contributed by atoms with E-state index in [1.807, 2.05) is 6.92 Å². The van der Waals surface area contributed by atoms with E-state index in [9.17, 15) is 13.2 Å². The van der Waals surface area contributed by atoms with Gasteiger partial charge in [0.15, 0.2) is 5.76 Å². The number of furan rings is 1. The molecule has 0 aliphatic carbocycles. The van der Waals surface area contributed by atoms with Crippen molar-refractivity contribution in [2.24, 2.45) is 0 Å². The molecular formula is C11H17N3O4S. The van der Waals surface area contributed by atoms with Crippen LogP contribution in [0.3, 0.4) is 0 Å². The van der Waals surface area contributed by atoms with Gasteiger partial charge in [0.2, 0.25) is 5.09 Å². The number of carbonyl (C=O) groups is 1. The molecule has 2 heterocycles. The average molecular weight is 287 g/mol. The van der Waals surface area contributed by atoms with Crippen LogP contribution in [0.4, 0.5) is 0 Å². The zero-order valence-corrected chi connectivity index (χ0v) is 11.7. The smallest absolute Gasteiger partial charge is 0.289 e. The lowest BCUT2D eigenvalue weighted by Gasteiger charge is -2.33. The number of hydrogen-bond donors (Lipinski definition) is 2. The monoisotopic (exact) mass is 287 g/mol. The van der Waals surface area contributed by atoms with E-state index in [4.69, 9.17) is 4.42 Å². The summed E-state index contributed by atoms with van der Waals surface area (Å²) in [5, 5.41) is 2.93. The molecule has 8 heteroatoms. The Bertz CT molecular complexity index is 566. The van der Waals surface area contributed by atoms with Crippen LogP contribution in [0.2, 0.25) is 0 Å². The molecule has 2 N–H and O–H groups in total. The second-order valence-electron chi connectivity index (χ2n) is 4.38. The van der Waals surface area contributed by atoms with Gasteiger partial charge in [0.05, 0.1) is 0 Å². The predicted molar refractivity (Wildman–Crippen MR) is 68.3 cm³/mol. The van der Waals surface area contributed by atoms with Crippen molar-refractivity contribution < 1.29 is 17.6 Å². The first-order valence-electron chi connectivity index (χ1n) is 6.01. The van der Waals surface area contributed by atoms with E-state index in [-0.39, 0.29) is 22.8 Å². The maximum Gasteiger partial charge on any atom is 0.289 e. The van der Waals surface area contributed by atoms with Crippen LogP contribution in [-0.2, 0) is 10.0 Å². The van der Waals surface area contributed by atoms with E-state index in [2.05, 4.69) is 10.0 Å². The summed E-state index contributed by atoms with van der Waals surface area (Å²) in [6.45, 7) is 3.94. The van der Waals surface area contributed by atoms with Gasteiger partial charge in [-0.1, -0.05) is 0 Å². The first kappa shape index (κ1) is 14.0. The molecule has 0 spiro atoms. The SMILES string of the molecule is CNS(=O)(=O)c1ccc(C(=O)N2CCNC[C@@H]2C)o1. The van der Waals surface area contributed by atoms with Crippen molar-refractivity contribution in [1.82, 2.24) is 14.9 Å². The summed E-state index contributed by atoms with van der Waals surface area (Å²) in [7, 11) is -2.37. The molecule has 1 aliphatic heterocycles. The Balaban J connectivity index is 2.21. The highest BCUT2D eigenvalue weighted by Crippen LogP contribution is 2.17. The lowest BCUT2D eigenvalue weighted by Crippen LogP contribution is -2.52. The van der Waals surface area contributed by atoms with Crippen LogP contribution in [0.15, 0.2) is 21.6 Å². The summed E-state index contributed by atoms with van der Waals surface area (Å²) in [6.07, 6.45) is 0. The first-order chi connectivity index (χ1) is 8.95. The minimum Gasteiger partial charge on any atom is -0.438 e.